The van der Waals surface area contributed by atoms with Crippen molar-refractivity contribution in [2.24, 2.45) is 0 Å². The first kappa shape index (κ1) is 16.3. The lowest BCUT2D eigenvalue weighted by Crippen LogP contribution is -2.20. The quantitative estimate of drug-likeness (QED) is 0.848. The summed E-state index contributed by atoms with van der Waals surface area (Å²) in [5.41, 5.74) is 5.82. The second-order valence-electron chi connectivity index (χ2n) is 7.26. The van der Waals surface area contributed by atoms with Crippen molar-refractivity contribution in [1.29, 1.82) is 0 Å². The van der Waals surface area contributed by atoms with Gasteiger partial charge in [0.25, 0.3) is 0 Å². The van der Waals surface area contributed by atoms with Gasteiger partial charge in [0.15, 0.2) is 0 Å². The van der Waals surface area contributed by atoms with Crippen LogP contribution in [0.3, 0.4) is 0 Å². The van der Waals surface area contributed by atoms with Gasteiger partial charge in [-0.1, -0.05) is 37.3 Å². The van der Waals surface area contributed by atoms with Gasteiger partial charge in [-0.3, -0.25) is 9.89 Å². The molecule has 0 saturated heterocycles. The molecule has 1 atom stereocenters. The molecule has 1 aliphatic heterocycles. The van der Waals surface area contributed by atoms with Gasteiger partial charge < -0.3 is 5.32 Å². The second-order valence-corrected chi connectivity index (χ2v) is 7.26. The van der Waals surface area contributed by atoms with Crippen LogP contribution in [0.15, 0.2) is 36.4 Å². The number of aromatic nitrogens is 2. The molecule has 25 heavy (non-hydrogen) atoms. The Morgan fingerprint density at radius 2 is 2.08 bits per heavy atom. The van der Waals surface area contributed by atoms with Crippen LogP contribution in [0.2, 0.25) is 0 Å². The predicted molar refractivity (Wildman–Crippen MR) is 99.6 cm³/mol. The van der Waals surface area contributed by atoms with Crippen molar-refractivity contribution < 1.29 is 4.79 Å². The molecule has 2 heterocycles. The molecule has 2 N–H and O–H groups in total. The maximum atomic E-state index is 12.6. The number of ketones is 1. The van der Waals surface area contributed by atoms with Crippen LogP contribution in [-0.2, 0) is 11.2 Å². The third-order valence-electron chi connectivity index (χ3n) is 5.34. The average molecular weight is 335 g/mol. The number of carbonyl (C=O) groups is 1. The van der Waals surface area contributed by atoms with Crippen molar-refractivity contribution in [3.63, 3.8) is 0 Å². The molecule has 0 amide bonds. The topological polar surface area (TPSA) is 57.8 Å². The summed E-state index contributed by atoms with van der Waals surface area (Å²) in [4.78, 5) is 12.6. The van der Waals surface area contributed by atoms with Crippen LogP contribution < -0.4 is 5.32 Å². The summed E-state index contributed by atoms with van der Waals surface area (Å²) < 4.78 is 0. The van der Waals surface area contributed by atoms with E-state index < -0.39 is 0 Å². The fourth-order valence-electron chi connectivity index (χ4n) is 3.46. The molecule has 0 spiro atoms. The van der Waals surface area contributed by atoms with E-state index in [-0.39, 0.29) is 11.7 Å². The van der Waals surface area contributed by atoms with Crippen molar-refractivity contribution in [1.82, 2.24) is 15.5 Å². The van der Waals surface area contributed by atoms with Crippen LogP contribution in [0, 0.1) is 0 Å². The van der Waals surface area contributed by atoms with Crippen LogP contribution in [0.5, 0.6) is 0 Å². The highest BCUT2D eigenvalue weighted by molar-refractivity contribution is 5.87. The lowest BCUT2D eigenvalue weighted by molar-refractivity contribution is -0.119. The number of Topliss-reactive ketones (excluding diaryl/α,β-unsaturated/α-hetero) is 1. The Morgan fingerprint density at radius 1 is 1.28 bits per heavy atom. The van der Waals surface area contributed by atoms with Gasteiger partial charge in [-0.05, 0) is 48.6 Å². The molecular formula is C21H25N3O. The minimum absolute atomic E-state index is 0.0938. The molecule has 1 saturated carbocycles. The molecule has 130 valence electrons. The number of benzene rings is 1. The van der Waals surface area contributed by atoms with Crippen LogP contribution in [-0.4, -0.2) is 29.1 Å². The van der Waals surface area contributed by atoms with E-state index in [4.69, 9.17) is 0 Å². The molecule has 4 nitrogen and oxygen atoms in total. The van der Waals surface area contributed by atoms with Gasteiger partial charge in [-0.25, -0.2) is 0 Å². The molecule has 2 aromatic rings. The first-order valence-electron chi connectivity index (χ1n) is 9.27. The number of hydrogen-bond acceptors (Lipinski definition) is 3. The van der Waals surface area contributed by atoms with E-state index in [1.165, 1.54) is 24.0 Å². The summed E-state index contributed by atoms with van der Waals surface area (Å²) >= 11 is 0. The zero-order valence-corrected chi connectivity index (χ0v) is 14.7. The van der Waals surface area contributed by atoms with Crippen molar-refractivity contribution >= 4 is 11.4 Å². The first-order chi connectivity index (χ1) is 12.2. The molecule has 0 bridgehead atoms. The van der Waals surface area contributed by atoms with Crippen LogP contribution in [0.1, 0.15) is 60.5 Å². The van der Waals surface area contributed by atoms with Gasteiger partial charge in [-0.2, -0.15) is 5.10 Å². The monoisotopic (exact) mass is 335 g/mol. The van der Waals surface area contributed by atoms with E-state index in [1.807, 2.05) is 6.92 Å². The normalized spacial score (nSPS) is 18.7. The van der Waals surface area contributed by atoms with Crippen LogP contribution >= 0.6 is 0 Å². The smallest absolute Gasteiger partial charge is 0.145 e. The molecule has 1 aromatic heterocycles. The summed E-state index contributed by atoms with van der Waals surface area (Å²) in [7, 11) is 0. The summed E-state index contributed by atoms with van der Waals surface area (Å²) in [5, 5.41) is 10.7. The third-order valence-corrected chi connectivity index (χ3v) is 5.34. The Balaban J connectivity index is 1.41. The Labute approximate surface area is 148 Å². The summed E-state index contributed by atoms with van der Waals surface area (Å²) in [6, 6.07) is 10.6. The van der Waals surface area contributed by atoms with E-state index in [9.17, 15) is 4.79 Å². The molecule has 4 rings (SSSR count). The first-order valence-corrected chi connectivity index (χ1v) is 9.27. The van der Waals surface area contributed by atoms with Gasteiger partial charge in [0, 0.05) is 30.5 Å². The molecule has 1 aliphatic carbocycles. The zero-order valence-electron chi connectivity index (χ0n) is 14.7. The third kappa shape index (κ3) is 3.74. The lowest BCUT2D eigenvalue weighted by atomic mass is 9.91. The van der Waals surface area contributed by atoms with Crippen molar-refractivity contribution in [2.75, 3.05) is 13.1 Å². The zero-order chi connectivity index (χ0) is 17.2. The average Bonchev–Trinajstić information content (AvgIpc) is 3.41. The Hall–Kier alpha value is -2.20. The van der Waals surface area contributed by atoms with Gasteiger partial charge in [0.1, 0.15) is 5.78 Å². The highest BCUT2D eigenvalue weighted by Crippen LogP contribution is 2.39. The lowest BCUT2D eigenvalue weighted by Gasteiger charge is -2.16. The largest absolute Gasteiger partial charge is 0.313 e. The molecular weight excluding hydrogens is 310 g/mol. The molecule has 1 fully saturated rings. The summed E-state index contributed by atoms with van der Waals surface area (Å²) in [6.07, 6.45) is 6.21. The molecule has 2 aliphatic rings. The van der Waals surface area contributed by atoms with E-state index in [2.05, 4.69) is 51.9 Å². The number of H-pyrrole nitrogens is 1. The van der Waals surface area contributed by atoms with E-state index in [1.54, 1.807) is 0 Å². The summed E-state index contributed by atoms with van der Waals surface area (Å²) in [5.74, 6) is 0.762. The molecule has 1 aromatic carbocycles. The SMILES string of the molecule is CC(C(=O)Cc1cc(C2CC2)n[nH]1)c1ccc(C2=CCNCC2)cc1. The number of nitrogens with one attached hydrogen (secondary N) is 2. The Kier molecular flexibility index (Phi) is 4.53. The van der Waals surface area contributed by atoms with Gasteiger partial charge in [0.05, 0.1) is 5.69 Å². The van der Waals surface area contributed by atoms with E-state index in [0.717, 1.165) is 36.5 Å². The van der Waals surface area contributed by atoms with E-state index >= 15 is 0 Å². The Bertz CT molecular complexity index is 784. The Morgan fingerprint density at radius 3 is 2.76 bits per heavy atom. The number of carbonyl (C=O) groups excluding carboxylic acids is 1. The van der Waals surface area contributed by atoms with Crippen molar-refractivity contribution in [2.45, 2.75) is 44.4 Å². The molecule has 4 heteroatoms. The highest BCUT2D eigenvalue weighted by Gasteiger charge is 2.26. The highest BCUT2D eigenvalue weighted by atomic mass is 16.1. The van der Waals surface area contributed by atoms with Crippen LogP contribution in [0.25, 0.3) is 5.57 Å². The van der Waals surface area contributed by atoms with Gasteiger partial charge in [-0.15, -0.1) is 0 Å². The van der Waals surface area contributed by atoms with Crippen molar-refractivity contribution in [3.8, 4) is 0 Å². The van der Waals surface area contributed by atoms with Crippen LogP contribution in [0.4, 0.5) is 0 Å². The fraction of sp³-hybridized carbons (Fsp3) is 0.429. The number of rotatable bonds is 6. The minimum atomic E-state index is -0.0938. The van der Waals surface area contributed by atoms with Gasteiger partial charge >= 0.3 is 0 Å². The minimum Gasteiger partial charge on any atom is -0.313 e. The van der Waals surface area contributed by atoms with Crippen molar-refractivity contribution in [3.05, 3.63) is 58.9 Å². The maximum Gasteiger partial charge on any atom is 0.145 e. The fourth-order valence-corrected chi connectivity index (χ4v) is 3.46. The van der Waals surface area contributed by atoms with Gasteiger partial charge in [0.2, 0.25) is 0 Å². The number of aromatic amines is 1. The number of hydrogen-bond donors (Lipinski definition) is 2. The standard InChI is InChI=1S/C21H25N3O/c1-14(21(25)13-19-12-20(24-23-19)18-6-7-18)15-2-4-16(5-3-15)17-8-10-22-11-9-17/h2-5,8,12,14,18,22H,6-7,9-11,13H2,1H3,(H,23,24). The molecule has 1 unspecified atom stereocenters. The summed E-state index contributed by atoms with van der Waals surface area (Å²) in [6.45, 7) is 3.98. The molecule has 0 radical (unpaired) electrons. The predicted octanol–water partition coefficient (Wildman–Crippen LogP) is 3.58. The number of nitrogens with zero attached hydrogens (tertiary/aromatic N) is 1. The maximum absolute atomic E-state index is 12.6. The van der Waals surface area contributed by atoms with E-state index in [0.29, 0.717) is 12.3 Å². The second kappa shape index (κ2) is 6.96.